The van der Waals surface area contributed by atoms with E-state index >= 15 is 4.39 Å². The molecule has 1 amide bonds. The van der Waals surface area contributed by atoms with Gasteiger partial charge in [0.25, 0.3) is 5.91 Å². The summed E-state index contributed by atoms with van der Waals surface area (Å²) in [5.74, 6) is -1.28. The fourth-order valence-corrected chi connectivity index (χ4v) is 5.99. The molecule has 6 rings (SSSR count). The van der Waals surface area contributed by atoms with Crippen LogP contribution in [0.25, 0.3) is 0 Å². The normalized spacial score (nSPS) is 22.5. The fourth-order valence-electron chi connectivity index (χ4n) is 5.86. The van der Waals surface area contributed by atoms with Crippen LogP contribution >= 0.6 is 11.6 Å². The first-order chi connectivity index (χ1) is 20.6. The van der Waals surface area contributed by atoms with Crippen LogP contribution in [0, 0.1) is 24.1 Å². The van der Waals surface area contributed by atoms with Crippen LogP contribution in [0.15, 0.2) is 67.0 Å². The Morgan fingerprint density at radius 3 is 2.53 bits per heavy atom. The second-order valence-corrected chi connectivity index (χ2v) is 11.4. The summed E-state index contributed by atoms with van der Waals surface area (Å²) in [7, 11) is 0. The molecule has 0 saturated heterocycles. The molecule has 1 aliphatic heterocycles. The third-order valence-electron chi connectivity index (χ3n) is 8.26. The van der Waals surface area contributed by atoms with E-state index in [0.717, 1.165) is 0 Å². The van der Waals surface area contributed by atoms with Crippen LogP contribution in [0.1, 0.15) is 70.2 Å². The molecule has 2 N–H and O–H groups in total. The van der Waals surface area contributed by atoms with Crippen LogP contribution in [-0.2, 0) is 22.7 Å². The number of nitrogens with zero attached hydrogens (tertiary/aromatic N) is 5. The van der Waals surface area contributed by atoms with Gasteiger partial charge in [0.05, 0.1) is 46.8 Å². The first-order valence-corrected chi connectivity index (χ1v) is 14.4. The Morgan fingerprint density at radius 2 is 1.95 bits per heavy atom. The van der Waals surface area contributed by atoms with Gasteiger partial charge in [0.1, 0.15) is 11.9 Å². The quantitative estimate of drug-likeness (QED) is 0.299. The highest BCUT2D eigenvalue weighted by molar-refractivity contribution is 6.30. The highest BCUT2D eigenvalue weighted by atomic mass is 35.5. The predicted molar refractivity (Wildman–Crippen MR) is 154 cm³/mol. The van der Waals surface area contributed by atoms with E-state index in [9.17, 15) is 20.3 Å². The first kappa shape index (κ1) is 29.0. The SMILES string of the molecule is CC[C@@](O)(c1cc(F)c2c(c1)C(=O)N(Cc1ccc(C#N)cn1)[C@@]2(OC1CC(O)C1)c1ccc(Cl)cc1)n1ccc(C)n1. The molecule has 2 aromatic carbocycles. The topological polar surface area (TPSA) is 125 Å². The largest absolute Gasteiger partial charge is 0.393 e. The Kier molecular flexibility index (Phi) is 7.30. The van der Waals surface area contributed by atoms with Crippen LogP contribution in [0.3, 0.4) is 0 Å². The molecule has 0 bridgehead atoms. The minimum absolute atomic E-state index is 0.00583. The number of benzene rings is 2. The Balaban J connectivity index is 1.57. The Morgan fingerprint density at radius 1 is 1.21 bits per heavy atom. The molecule has 2 atom stereocenters. The smallest absolute Gasteiger partial charge is 0.257 e. The van der Waals surface area contributed by atoms with Crippen molar-refractivity contribution < 1.29 is 24.1 Å². The van der Waals surface area contributed by atoms with E-state index in [-0.39, 0.29) is 29.7 Å². The van der Waals surface area contributed by atoms with Crippen LogP contribution in [-0.4, -0.2) is 48.0 Å². The van der Waals surface area contributed by atoms with Gasteiger partial charge in [-0.2, -0.15) is 10.4 Å². The number of hydrogen-bond acceptors (Lipinski definition) is 7. The number of fused-ring (bicyclic) bond motifs is 1. The van der Waals surface area contributed by atoms with Crippen LogP contribution in [0.5, 0.6) is 0 Å². The monoisotopic (exact) mass is 601 g/mol. The van der Waals surface area contributed by atoms with Crippen LogP contribution in [0.2, 0.25) is 5.02 Å². The van der Waals surface area contributed by atoms with E-state index in [0.29, 0.717) is 40.4 Å². The third kappa shape index (κ3) is 4.79. The number of aryl methyl sites for hydroxylation is 1. The number of aliphatic hydroxyl groups is 2. The lowest BCUT2D eigenvalue weighted by Gasteiger charge is -2.45. The van der Waals surface area contributed by atoms with Gasteiger partial charge in [-0.1, -0.05) is 30.7 Å². The molecule has 0 spiro atoms. The second-order valence-electron chi connectivity index (χ2n) is 11.0. The molecule has 4 aromatic rings. The molecule has 43 heavy (non-hydrogen) atoms. The molecule has 2 aromatic heterocycles. The number of amides is 1. The van der Waals surface area contributed by atoms with Crippen LogP contribution < -0.4 is 0 Å². The number of carbonyl (C=O) groups is 1. The number of aromatic nitrogens is 3. The summed E-state index contributed by atoms with van der Waals surface area (Å²) in [5, 5.41) is 35.9. The molecule has 2 aliphatic rings. The number of rotatable bonds is 8. The maximum absolute atomic E-state index is 16.7. The van der Waals surface area contributed by atoms with E-state index < -0.39 is 35.4 Å². The van der Waals surface area contributed by atoms with Crippen molar-refractivity contribution in [3.05, 3.63) is 117 Å². The van der Waals surface area contributed by atoms with Gasteiger partial charge in [-0.25, -0.2) is 9.07 Å². The summed E-state index contributed by atoms with van der Waals surface area (Å²) in [5.41, 5.74) is -1.36. The Hall–Kier alpha value is -4.14. The van der Waals surface area contributed by atoms with E-state index in [2.05, 4.69) is 10.1 Å². The second kappa shape index (κ2) is 10.8. The summed E-state index contributed by atoms with van der Waals surface area (Å²) >= 11 is 6.23. The third-order valence-corrected chi connectivity index (χ3v) is 8.51. The summed E-state index contributed by atoms with van der Waals surface area (Å²) in [4.78, 5) is 20.2. The maximum atomic E-state index is 16.7. The number of carbonyl (C=O) groups excluding carboxylic acids is 1. The number of hydrogen-bond donors (Lipinski definition) is 2. The van der Waals surface area contributed by atoms with Crippen molar-refractivity contribution in [3.63, 3.8) is 0 Å². The highest BCUT2D eigenvalue weighted by Crippen LogP contribution is 2.50. The molecule has 1 fully saturated rings. The van der Waals surface area contributed by atoms with Crippen molar-refractivity contribution in [1.82, 2.24) is 19.7 Å². The zero-order valence-corrected chi connectivity index (χ0v) is 24.3. The van der Waals surface area contributed by atoms with Gasteiger partial charge in [-0.3, -0.25) is 14.7 Å². The van der Waals surface area contributed by atoms with Crippen molar-refractivity contribution in [2.45, 2.75) is 63.3 Å². The molecule has 0 unspecified atom stereocenters. The highest BCUT2D eigenvalue weighted by Gasteiger charge is 2.56. The average molecular weight is 602 g/mol. The zero-order chi connectivity index (χ0) is 30.5. The van der Waals surface area contributed by atoms with Gasteiger partial charge >= 0.3 is 0 Å². The lowest BCUT2D eigenvalue weighted by molar-refractivity contribution is -0.191. The van der Waals surface area contributed by atoms with Gasteiger partial charge in [0.15, 0.2) is 5.72 Å². The molecular formula is C32H29ClFN5O4. The summed E-state index contributed by atoms with van der Waals surface area (Å²) in [6.45, 7) is 3.45. The Bertz CT molecular complexity index is 1730. The van der Waals surface area contributed by atoms with Gasteiger partial charge in [-0.05, 0) is 68.7 Å². The summed E-state index contributed by atoms with van der Waals surface area (Å²) in [6, 6.07) is 16.3. The molecule has 11 heteroatoms. The van der Waals surface area contributed by atoms with Crippen LogP contribution in [0.4, 0.5) is 4.39 Å². The Labute approximate surface area is 252 Å². The fraction of sp³-hybridized carbons (Fsp3) is 0.312. The summed E-state index contributed by atoms with van der Waals surface area (Å²) in [6.07, 6.45) is 2.75. The number of nitriles is 1. The molecule has 3 heterocycles. The summed E-state index contributed by atoms with van der Waals surface area (Å²) < 4.78 is 24.7. The predicted octanol–water partition coefficient (Wildman–Crippen LogP) is 4.75. The van der Waals surface area contributed by atoms with Gasteiger partial charge < -0.3 is 14.9 Å². The van der Waals surface area contributed by atoms with Crippen molar-refractivity contribution >= 4 is 17.5 Å². The maximum Gasteiger partial charge on any atom is 0.257 e. The van der Waals surface area contributed by atoms with E-state index in [1.807, 2.05) is 6.07 Å². The lowest BCUT2D eigenvalue weighted by atomic mass is 9.87. The van der Waals surface area contributed by atoms with Crippen molar-refractivity contribution in [1.29, 1.82) is 5.26 Å². The van der Waals surface area contributed by atoms with E-state index in [4.69, 9.17) is 16.3 Å². The number of ether oxygens (including phenoxy) is 1. The minimum atomic E-state index is -1.74. The molecular weight excluding hydrogens is 573 g/mol. The first-order valence-electron chi connectivity index (χ1n) is 14.0. The molecule has 1 saturated carbocycles. The van der Waals surface area contributed by atoms with E-state index in [1.165, 1.54) is 27.9 Å². The minimum Gasteiger partial charge on any atom is -0.393 e. The molecule has 0 radical (unpaired) electrons. The van der Waals surface area contributed by atoms with Gasteiger partial charge in [-0.15, -0.1) is 0 Å². The van der Waals surface area contributed by atoms with Crippen molar-refractivity contribution in [3.8, 4) is 6.07 Å². The van der Waals surface area contributed by atoms with Gasteiger partial charge in [0.2, 0.25) is 5.72 Å². The van der Waals surface area contributed by atoms with Gasteiger partial charge in [0, 0.05) is 28.5 Å². The van der Waals surface area contributed by atoms with E-state index in [1.54, 1.807) is 62.5 Å². The molecule has 1 aliphatic carbocycles. The van der Waals surface area contributed by atoms with Crippen molar-refractivity contribution in [2.75, 3.05) is 0 Å². The van der Waals surface area contributed by atoms with Crippen molar-refractivity contribution in [2.24, 2.45) is 0 Å². The number of pyridine rings is 1. The standard InChI is InChI=1S/C32H29ClFN5O4/c1-3-31(42,39-11-10-19(2)37-39)22-12-27-29(28(34)13-22)32(43-26-14-25(40)15-26,21-5-7-23(33)8-6-21)38(30(27)41)18-24-9-4-20(16-35)17-36-24/h4-13,17,25-26,40,42H,3,14-15,18H2,1-2H3/t25?,26?,31-,32-/m1/s1. The zero-order valence-electron chi connectivity index (χ0n) is 23.5. The lowest BCUT2D eigenvalue weighted by Crippen LogP contribution is -2.51. The average Bonchev–Trinajstić information content (AvgIpc) is 3.53. The number of aliphatic hydroxyl groups excluding tert-OH is 1. The number of halogens is 2. The molecule has 9 nitrogen and oxygen atoms in total. The molecule has 220 valence electrons.